The van der Waals surface area contributed by atoms with E-state index in [4.69, 9.17) is 28.6 Å². The molecule has 0 spiro atoms. The minimum atomic E-state index is -0.496. The van der Waals surface area contributed by atoms with Crippen LogP contribution in [0.25, 0.3) is 0 Å². The van der Waals surface area contributed by atoms with Crippen LogP contribution in [0.3, 0.4) is 0 Å². The van der Waals surface area contributed by atoms with E-state index in [2.05, 4.69) is 15.3 Å². The Labute approximate surface area is 137 Å². The SMILES string of the molecule is CSCC1C(=S)Nc2cnc(Cl)nc2N1C(=O)OC(C)C. The van der Waals surface area contributed by atoms with E-state index in [-0.39, 0.29) is 17.4 Å². The first kappa shape index (κ1) is 16.3. The molecule has 0 radical (unpaired) electrons. The number of carbonyl (C=O) groups is 1. The number of thiocarbonyl (C=S) groups is 1. The van der Waals surface area contributed by atoms with Gasteiger partial charge in [-0.15, -0.1) is 0 Å². The molecule has 9 heteroatoms. The number of halogens is 1. The molecule has 1 aliphatic heterocycles. The van der Waals surface area contributed by atoms with Crippen LogP contribution in [0.4, 0.5) is 16.3 Å². The Hall–Kier alpha value is -1.12. The molecule has 1 aliphatic rings. The van der Waals surface area contributed by atoms with Crippen LogP contribution in [0, 0.1) is 0 Å². The van der Waals surface area contributed by atoms with E-state index >= 15 is 0 Å². The van der Waals surface area contributed by atoms with Crippen molar-refractivity contribution in [3.8, 4) is 0 Å². The molecule has 0 fully saturated rings. The molecule has 1 N–H and O–H groups in total. The lowest BCUT2D eigenvalue weighted by molar-refractivity contribution is 0.122. The van der Waals surface area contributed by atoms with Gasteiger partial charge in [0.15, 0.2) is 5.82 Å². The molecule has 114 valence electrons. The number of amides is 1. The van der Waals surface area contributed by atoms with Crippen LogP contribution in [0.5, 0.6) is 0 Å². The van der Waals surface area contributed by atoms with Crippen molar-refractivity contribution in [1.29, 1.82) is 0 Å². The molecule has 0 aliphatic carbocycles. The van der Waals surface area contributed by atoms with Crippen LogP contribution in [-0.2, 0) is 4.74 Å². The Morgan fingerprint density at radius 1 is 1.67 bits per heavy atom. The summed E-state index contributed by atoms with van der Waals surface area (Å²) in [5, 5.41) is 3.11. The number of thioether (sulfide) groups is 1. The number of nitrogens with zero attached hydrogens (tertiary/aromatic N) is 3. The molecule has 0 saturated carbocycles. The summed E-state index contributed by atoms with van der Waals surface area (Å²) < 4.78 is 5.30. The Kier molecular flexibility index (Phi) is 5.23. The maximum atomic E-state index is 12.4. The largest absolute Gasteiger partial charge is 0.446 e. The van der Waals surface area contributed by atoms with E-state index < -0.39 is 6.09 Å². The maximum absolute atomic E-state index is 12.4. The van der Waals surface area contributed by atoms with Gasteiger partial charge in [-0.3, -0.25) is 0 Å². The molecule has 2 heterocycles. The number of ether oxygens (including phenoxy) is 1. The number of hydrogen-bond acceptors (Lipinski definition) is 6. The van der Waals surface area contributed by atoms with Gasteiger partial charge in [0.25, 0.3) is 0 Å². The van der Waals surface area contributed by atoms with Crippen LogP contribution in [0.15, 0.2) is 6.20 Å². The number of rotatable bonds is 3. The Balaban J connectivity index is 2.45. The van der Waals surface area contributed by atoms with Crippen molar-refractivity contribution in [3.05, 3.63) is 11.5 Å². The number of hydrogen-bond donors (Lipinski definition) is 1. The quantitative estimate of drug-likeness (QED) is 0.666. The van der Waals surface area contributed by atoms with E-state index in [1.54, 1.807) is 25.6 Å². The van der Waals surface area contributed by atoms with Gasteiger partial charge >= 0.3 is 6.09 Å². The van der Waals surface area contributed by atoms with Gasteiger partial charge in [0.1, 0.15) is 16.7 Å². The summed E-state index contributed by atoms with van der Waals surface area (Å²) in [5.41, 5.74) is 0.544. The molecular formula is C12H15ClN4O2S2. The van der Waals surface area contributed by atoms with Gasteiger partial charge in [0.05, 0.1) is 12.3 Å². The average Bonchev–Trinajstić information content (AvgIpc) is 2.39. The molecule has 0 aromatic carbocycles. The van der Waals surface area contributed by atoms with Gasteiger partial charge < -0.3 is 10.1 Å². The van der Waals surface area contributed by atoms with E-state index in [0.29, 0.717) is 22.2 Å². The summed E-state index contributed by atoms with van der Waals surface area (Å²) in [6.07, 6.45) is 2.71. The van der Waals surface area contributed by atoms with Gasteiger partial charge in [0, 0.05) is 5.75 Å². The normalized spacial score (nSPS) is 17.5. The zero-order chi connectivity index (χ0) is 15.6. The first-order chi connectivity index (χ1) is 9.93. The highest BCUT2D eigenvalue weighted by Crippen LogP contribution is 2.32. The number of fused-ring (bicyclic) bond motifs is 1. The molecule has 21 heavy (non-hydrogen) atoms. The number of carbonyl (C=O) groups excluding carboxylic acids is 1. The Bertz CT molecular complexity index is 570. The number of aromatic nitrogens is 2. The van der Waals surface area contributed by atoms with Crippen molar-refractivity contribution in [3.63, 3.8) is 0 Å². The van der Waals surface area contributed by atoms with Crippen LogP contribution < -0.4 is 10.2 Å². The smallest absolute Gasteiger partial charge is 0.416 e. The maximum Gasteiger partial charge on any atom is 0.416 e. The Morgan fingerprint density at radius 2 is 2.38 bits per heavy atom. The van der Waals surface area contributed by atoms with Gasteiger partial charge in [-0.2, -0.15) is 16.7 Å². The highest BCUT2D eigenvalue weighted by molar-refractivity contribution is 7.98. The second-order valence-corrected chi connectivity index (χ2v) is 6.33. The topological polar surface area (TPSA) is 67.4 Å². The summed E-state index contributed by atoms with van der Waals surface area (Å²) in [5.74, 6) is 1.01. The monoisotopic (exact) mass is 346 g/mol. The third kappa shape index (κ3) is 3.56. The molecule has 1 unspecified atom stereocenters. The van der Waals surface area contributed by atoms with Gasteiger partial charge in [-0.05, 0) is 31.7 Å². The van der Waals surface area contributed by atoms with E-state index in [0.717, 1.165) is 0 Å². The van der Waals surface area contributed by atoms with Gasteiger partial charge in [-0.25, -0.2) is 14.7 Å². The summed E-state index contributed by atoms with van der Waals surface area (Å²) in [6, 6.07) is -0.334. The zero-order valence-electron chi connectivity index (χ0n) is 11.8. The summed E-state index contributed by atoms with van der Waals surface area (Å²) >= 11 is 12.8. The Morgan fingerprint density at radius 3 is 3.00 bits per heavy atom. The lowest BCUT2D eigenvalue weighted by Crippen LogP contribution is -2.52. The van der Waals surface area contributed by atoms with Crippen LogP contribution in [0.2, 0.25) is 5.28 Å². The summed E-state index contributed by atoms with van der Waals surface area (Å²) in [4.78, 5) is 22.4. The zero-order valence-corrected chi connectivity index (χ0v) is 14.2. The fourth-order valence-electron chi connectivity index (χ4n) is 1.88. The molecule has 6 nitrogen and oxygen atoms in total. The van der Waals surface area contributed by atoms with Crippen molar-refractivity contribution >= 4 is 58.2 Å². The molecule has 1 aromatic rings. The van der Waals surface area contributed by atoms with Crippen LogP contribution in [-0.4, -0.2) is 45.2 Å². The lowest BCUT2D eigenvalue weighted by Gasteiger charge is -2.36. The summed E-state index contributed by atoms with van der Waals surface area (Å²) in [6.45, 7) is 3.58. The second-order valence-electron chi connectivity index (χ2n) is 4.64. The van der Waals surface area contributed by atoms with Crippen molar-refractivity contribution in [1.82, 2.24) is 9.97 Å². The summed E-state index contributed by atoms with van der Waals surface area (Å²) in [7, 11) is 0. The second kappa shape index (κ2) is 6.76. The van der Waals surface area contributed by atoms with E-state index in [1.807, 2.05) is 6.26 Å². The third-order valence-corrected chi connectivity index (χ3v) is 3.90. The van der Waals surface area contributed by atoms with E-state index in [9.17, 15) is 4.79 Å². The first-order valence-corrected chi connectivity index (χ1v) is 8.44. The van der Waals surface area contributed by atoms with Crippen LogP contribution >= 0.6 is 35.6 Å². The molecular weight excluding hydrogens is 332 g/mol. The molecule has 0 saturated heterocycles. The molecule has 2 rings (SSSR count). The highest BCUT2D eigenvalue weighted by Gasteiger charge is 2.37. The molecule has 1 amide bonds. The number of anilines is 2. The van der Waals surface area contributed by atoms with Crippen molar-refractivity contribution in [2.24, 2.45) is 0 Å². The standard InChI is InChI=1S/C12H15ClN4O2S2/c1-6(2)19-12(18)17-8(5-21-3)10(20)15-7-4-14-11(13)16-9(7)17/h4,6,8H,5H2,1-3H3,(H,15,20). The predicted molar refractivity (Wildman–Crippen MR) is 89.5 cm³/mol. The fourth-order valence-corrected chi connectivity index (χ4v) is 3.05. The first-order valence-electron chi connectivity index (χ1n) is 6.26. The fraction of sp³-hybridized carbons (Fsp3) is 0.500. The minimum Gasteiger partial charge on any atom is -0.446 e. The van der Waals surface area contributed by atoms with Crippen molar-refractivity contribution < 1.29 is 9.53 Å². The average molecular weight is 347 g/mol. The molecule has 0 bridgehead atoms. The lowest BCUT2D eigenvalue weighted by atomic mass is 10.2. The predicted octanol–water partition coefficient (Wildman–Crippen LogP) is 2.97. The number of nitrogens with one attached hydrogen (secondary N) is 1. The minimum absolute atomic E-state index is 0.0635. The highest BCUT2D eigenvalue weighted by atomic mass is 35.5. The van der Waals surface area contributed by atoms with Crippen molar-refractivity contribution in [2.45, 2.75) is 26.0 Å². The van der Waals surface area contributed by atoms with Gasteiger partial charge in [0.2, 0.25) is 5.28 Å². The van der Waals surface area contributed by atoms with Gasteiger partial charge in [-0.1, -0.05) is 12.2 Å². The third-order valence-electron chi connectivity index (χ3n) is 2.70. The van der Waals surface area contributed by atoms with E-state index in [1.165, 1.54) is 11.1 Å². The molecule has 1 aromatic heterocycles. The van der Waals surface area contributed by atoms with Crippen molar-refractivity contribution in [2.75, 3.05) is 22.2 Å². The molecule has 1 atom stereocenters. The van der Waals surface area contributed by atoms with Crippen LogP contribution in [0.1, 0.15) is 13.8 Å².